The van der Waals surface area contributed by atoms with Gasteiger partial charge in [-0.1, -0.05) is 22.6 Å². The number of aryl methyl sites for hydroxylation is 1. The van der Waals surface area contributed by atoms with Crippen LogP contribution in [0, 0.1) is 6.92 Å². The second-order valence-electron chi connectivity index (χ2n) is 2.33. The highest BCUT2D eigenvalue weighted by Gasteiger charge is 2.02. The van der Waals surface area contributed by atoms with E-state index in [-0.39, 0.29) is 5.91 Å². The number of carbonyl (C=O) groups excluding carboxylic acids is 1. The maximum absolute atomic E-state index is 11.2. The monoisotopic (exact) mass is 276 g/mol. The summed E-state index contributed by atoms with van der Waals surface area (Å²) in [4.78, 5) is 15.2. The molecule has 0 spiro atoms. The number of rotatable bonds is 2. The molecule has 0 saturated carbocycles. The Labute approximate surface area is 84.7 Å². The number of amides is 1. The molecule has 0 fully saturated rings. The van der Waals surface area contributed by atoms with Crippen molar-refractivity contribution in [3.05, 3.63) is 29.6 Å². The maximum Gasteiger partial charge on any atom is 0.253 e. The molecule has 0 aliphatic heterocycles. The average molecular weight is 276 g/mol. The van der Waals surface area contributed by atoms with Crippen molar-refractivity contribution in [3.8, 4) is 0 Å². The molecular formula is C8H9IN2O. The number of nitrogens with zero attached hydrogens (tertiary/aromatic N) is 1. The zero-order chi connectivity index (χ0) is 8.97. The van der Waals surface area contributed by atoms with Gasteiger partial charge in [0.2, 0.25) is 0 Å². The van der Waals surface area contributed by atoms with Crippen molar-refractivity contribution in [1.29, 1.82) is 0 Å². The molecule has 0 saturated heterocycles. The second kappa shape index (κ2) is 4.39. The number of hydrogen-bond donors (Lipinski definition) is 1. The lowest BCUT2D eigenvalue weighted by molar-refractivity contribution is 0.0961. The van der Waals surface area contributed by atoms with Gasteiger partial charge in [-0.05, 0) is 19.1 Å². The van der Waals surface area contributed by atoms with Gasteiger partial charge in [-0.2, -0.15) is 0 Å². The van der Waals surface area contributed by atoms with Gasteiger partial charge in [-0.15, -0.1) is 0 Å². The molecule has 12 heavy (non-hydrogen) atoms. The average Bonchev–Trinajstić information content (AvgIpc) is 2.06. The van der Waals surface area contributed by atoms with Crippen molar-refractivity contribution >= 4 is 28.5 Å². The van der Waals surface area contributed by atoms with Crippen molar-refractivity contribution in [2.45, 2.75) is 6.92 Å². The number of hydrogen-bond acceptors (Lipinski definition) is 2. The molecule has 0 unspecified atom stereocenters. The van der Waals surface area contributed by atoms with Crippen molar-refractivity contribution in [3.63, 3.8) is 0 Å². The molecular weight excluding hydrogens is 267 g/mol. The molecule has 0 aromatic carbocycles. The van der Waals surface area contributed by atoms with Gasteiger partial charge in [0.15, 0.2) is 0 Å². The third-order valence-electron chi connectivity index (χ3n) is 1.40. The van der Waals surface area contributed by atoms with Crippen LogP contribution in [-0.4, -0.2) is 15.4 Å². The molecule has 1 rings (SSSR count). The van der Waals surface area contributed by atoms with Gasteiger partial charge in [0.25, 0.3) is 5.91 Å². The number of carbonyl (C=O) groups is 1. The second-order valence-corrected chi connectivity index (χ2v) is 3.09. The highest BCUT2D eigenvalue weighted by Crippen LogP contribution is 1.98. The molecule has 64 valence electrons. The summed E-state index contributed by atoms with van der Waals surface area (Å²) in [5.74, 6) is -0.0723. The van der Waals surface area contributed by atoms with Crippen LogP contribution < -0.4 is 5.32 Å². The highest BCUT2D eigenvalue weighted by molar-refractivity contribution is 14.1. The Kier molecular flexibility index (Phi) is 3.46. The van der Waals surface area contributed by atoms with Gasteiger partial charge < -0.3 is 5.32 Å². The van der Waals surface area contributed by atoms with E-state index in [9.17, 15) is 4.79 Å². The predicted molar refractivity (Wildman–Crippen MR) is 55.3 cm³/mol. The van der Waals surface area contributed by atoms with Crippen LogP contribution in [0.5, 0.6) is 0 Å². The molecule has 1 aromatic heterocycles. The third-order valence-corrected chi connectivity index (χ3v) is 1.78. The Balaban J connectivity index is 2.75. The molecule has 0 aliphatic carbocycles. The van der Waals surface area contributed by atoms with Crippen LogP contribution in [0.3, 0.4) is 0 Å². The summed E-state index contributed by atoms with van der Waals surface area (Å²) in [5.41, 5.74) is 1.53. The first-order valence-electron chi connectivity index (χ1n) is 3.51. The zero-order valence-electron chi connectivity index (χ0n) is 6.67. The van der Waals surface area contributed by atoms with E-state index in [1.807, 2.05) is 13.0 Å². The first-order valence-corrected chi connectivity index (χ1v) is 5.03. The Morgan fingerprint density at radius 2 is 2.42 bits per heavy atom. The summed E-state index contributed by atoms with van der Waals surface area (Å²) in [6, 6.07) is 3.59. The summed E-state index contributed by atoms with van der Waals surface area (Å²) >= 11 is 2.08. The van der Waals surface area contributed by atoms with Gasteiger partial charge in [0.1, 0.15) is 0 Å². The largest absolute Gasteiger partial charge is 0.343 e. The topological polar surface area (TPSA) is 42.0 Å². The van der Waals surface area contributed by atoms with Crippen molar-refractivity contribution < 1.29 is 4.79 Å². The van der Waals surface area contributed by atoms with E-state index >= 15 is 0 Å². The summed E-state index contributed by atoms with van der Waals surface area (Å²) in [6.45, 7) is 1.89. The van der Waals surface area contributed by atoms with Crippen LogP contribution in [0.4, 0.5) is 0 Å². The van der Waals surface area contributed by atoms with Crippen LogP contribution in [0.15, 0.2) is 18.3 Å². The molecule has 0 aliphatic rings. The quantitative estimate of drug-likeness (QED) is 0.505. The molecule has 0 bridgehead atoms. The van der Waals surface area contributed by atoms with E-state index in [0.717, 1.165) is 5.69 Å². The molecule has 1 amide bonds. The number of nitrogens with one attached hydrogen (secondary N) is 1. The Bertz CT molecular complexity index is 271. The minimum absolute atomic E-state index is 0.0723. The summed E-state index contributed by atoms with van der Waals surface area (Å²) in [5, 5.41) is 2.69. The van der Waals surface area contributed by atoms with E-state index in [1.54, 1.807) is 12.3 Å². The number of alkyl halides is 1. The smallest absolute Gasteiger partial charge is 0.253 e. The third kappa shape index (κ3) is 2.44. The normalized spacial score (nSPS) is 9.50. The summed E-state index contributed by atoms with van der Waals surface area (Å²) < 4.78 is 0.616. The Morgan fingerprint density at radius 1 is 1.67 bits per heavy atom. The fraction of sp³-hybridized carbons (Fsp3) is 0.250. The van der Waals surface area contributed by atoms with E-state index in [1.165, 1.54) is 0 Å². The molecule has 3 nitrogen and oxygen atoms in total. The molecule has 1 N–H and O–H groups in total. The number of aromatic nitrogens is 1. The van der Waals surface area contributed by atoms with Gasteiger partial charge in [-0.25, -0.2) is 0 Å². The van der Waals surface area contributed by atoms with Crippen LogP contribution in [-0.2, 0) is 0 Å². The number of pyridine rings is 1. The minimum Gasteiger partial charge on any atom is -0.343 e. The Morgan fingerprint density at radius 3 is 2.92 bits per heavy atom. The minimum atomic E-state index is -0.0723. The Hall–Kier alpha value is -0.650. The summed E-state index contributed by atoms with van der Waals surface area (Å²) in [7, 11) is 0. The molecule has 0 atom stereocenters. The first kappa shape index (κ1) is 9.44. The fourth-order valence-electron chi connectivity index (χ4n) is 0.765. The SMILES string of the molecule is Cc1ccc(C(=O)NCI)cn1. The van der Waals surface area contributed by atoms with Crippen LogP contribution in [0.2, 0.25) is 0 Å². The zero-order valence-corrected chi connectivity index (χ0v) is 8.83. The van der Waals surface area contributed by atoms with Gasteiger partial charge in [-0.3, -0.25) is 9.78 Å². The van der Waals surface area contributed by atoms with E-state index in [4.69, 9.17) is 0 Å². The highest BCUT2D eigenvalue weighted by atomic mass is 127. The predicted octanol–water partition coefficient (Wildman–Crippen LogP) is 1.51. The standard InChI is InChI=1S/C8H9IN2O/c1-6-2-3-7(4-10-6)8(12)11-5-9/h2-4H,5H2,1H3,(H,11,12). The molecule has 1 aromatic rings. The van der Waals surface area contributed by atoms with Crippen molar-refractivity contribution in [1.82, 2.24) is 10.3 Å². The van der Waals surface area contributed by atoms with Crippen LogP contribution in [0.1, 0.15) is 16.1 Å². The maximum atomic E-state index is 11.2. The molecule has 0 radical (unpaired) electrons. The van der Waals surface area contributed by atoms with E-state index < -0.39 is 0 Å². The fourth-order valence-corrected chi connectivity index (χ4v) is 1.11. The number of halogens is 1. The lowest BCUT2D eigenvalue weighted by Crippen LogP contribution is -2.21. The lowest BCUT2D eigenvalue weighted by Gasteiger charge is -2.00. The molecule has 1 heterocycles. The van der Waals surface area contributed by atoms with E-state index in [0.29, 0.717) is 10.1 Å². The molecule has 4 heteroatoms. The van der Waals surface area contributed by atoms with E-state index in [2.05, 4.69) is 32.9 Å². The van der Waals surface area contributed by atoms with Gasteiger partial charge in [0.05, 0.1) is 10.1 Å². The van der Waals surface area contributed by atoms with Crippen LogP contribution >= 0.6 is 22.6 Å². The lowest BCUT2D eigenvalue weighted by atomic mass is 10.2. The van der Waals surface area contributed by atoms with Gasteiger partial charge in [0, 0.05) is 11.9 Å². The van der Waals surface area contributed by atoms with Crippen LogP contribution in [0.25, 0.3) is 0 Å². The summed E-state index contributed by atoms with van der Waals surface area (Å²) in [6.07, 6.45) is 1.58. The van der Waals surface area contributed by atoms with Gasteiger partial charge >= 0.3 is 0 Å². The van der Waals surface area contributed by atoms with Crippen molar-refractivity contribution in [2.75, 3.05) is 4.55 Å². The van der Waals surface area contributed by atoms with Crippen molar-refractivity contribution in [2.24, 2.45) is 0 Å². The first-order chi connectivity index (χ1) is 5.74.